The first-order valence-electron chi connectivity index (χ1n) is 3.54. The third kappa shape index (κ3) is 1.56. The Morgan fingerprint density at radius 2 is 1.64 bits per heavy atom. The van der Waals surface area contributed by atoms with Crippen LogP contribution in [0.15, 0.2) is 44.6 Å². The molecule has 11 heavy (non-hydrogen) atoms. The molecule has 1 aromatic heterocycles. The van der Waals surface area contributed by atoms with E-state index in [-0.39, 0.29) is 20.4 Å². The molecular weight excluding hydrogens is 248 g/mol. The van der Waals surface area contributed by atoms with Gasteiger partial charge in [-0.25, -0.2) is 0 Å². The molecule has 2 rings (SSSR count). The summed E-state index contributed by atoms with van der Waals surface area (Å²) in [5, 5.41) is 0. The molecule has 0 aliphatic heterocycles. The zero-order valence-corrected chi connectivity index (χ0v) is 8.36. The van der Waals surface area contributed by atoms with E-state index in [0.717, 1.165) is 0 Å². The van der Waals surface area contributed by atoms with Crippen molar-refractivity contribution in [2.45, 2.75) is 0 Å². The molecule has 0 aliphatic carbocycles. The Balaban J connectivity index is 2.46. The van der Waals surface area contributed by atoms with Crippen LogP contribution in [-0.4, -0.2) is 20.4 Å². The van der Waals surface area contributed by atoms with Gasteiger partial charge in [-0.1, -0.05) is 0 Å². The van der Waals surface area contributed by atoms with Crippen LogP contribution in [0, 0.1) is 0 Å². The van der Waals surface area contributed by atoms with E-state index in [9.17, 15) is 0 Å². The molecule has 1 heterocycles. The van der Waals surface area contributed by atoms with Gasteiger partial charge in [0.2, 0.25) is 0 Å². The Morgan fingerprint density at radius 1 is 0.818 bits per heavy atom. The minimum atomic E-state index is 0.0784. The van der Waals surface area contributed by atoms with Crippen molar-refractivity contribution in [2.75, 3.05) is 0 Å². The van der Waals surface area contributed by atoms with Crippen LogP contribution in [0.2, 0.25) is 0 Å². The van der Waals surface area contributed by atoms with Crippen molar-refractivity contribution in [3.05, 3.63) is 44.6 Å². The summed E-state index contributed by atoms with van der Waals surface area (Å²) >= 11 is 0.0784. The van der Waals surface area contributed by atoms with Crippen molar-refractivity contribution in [1.29, 1.82) is 0 Å². The van der Waals surface area contributed by atoms with Gasteiger partial charge in [0.15, 0.2) is 0 Å². The van der Waals surface area contributed by atoms with E-state index in [4.69, 9.17) is 0 Å². The van der Waals surface area contributed by atoms with Crippen LogP contribution in [0.5, 0.6) is 0 Å². The van der Waals surface area contributed by atoms with Crippen LogP contribution < -0.4 is 0 Å². The van der Waals surface area contributed by atoms with Crippen LogP contribution >= 0.6 is 0 Å². The van der Waals surface area contributed by atoms with Crippen LogP contribution in [0.25, 0.3) is 11.1 Å². The topological polar surface area (TPSA) is 0 Å². The first-order valence-corrected chi connectivity index (χ1v) is 6.23. The second kappa shape index (κ2) is 3.26. The van der Waals surface area contributed by atoms with Gasteiger partial charge >= 0.3 is 76.1 Å². The maximum absolute atomic E-state index is 2.38. The van der Waals surface area contributed by atoms with Gasteiger partial charge in [0.05, 0.1) is 0 Å². The van der Waals surface area contributed by atoms with Gasteiger partial charge in [-0.2, -0.15) is 0 Å². The van der Waals surface area contributed by atoms with Gasteiger partial charge in [0, 0.05) is 0 Å². The Bertz CT molecular complexity index is 308. The predicted octanol–water partition coefficient (Wildman–Crippen LogP) is 2.41. The third-order valence-corrected chi connectivity index (χ3v) is 3.58. The van der Waals surface area contributed by atoms with Crippen molar-refractivity contribution in [1.82, 2.24) is 0 Å². The van der Waals surface area contributed by atoms with Crippen molar-refractivity contribution in [3.8, 4) is 11.1 Å². The number of hydrogen-bond acceptors (Lipinski definition) is 0. The van der Waals surface area contributed by atoms with Gasteiger partial charge in [0.1, 0.15) is 0 Å². The number of benzene rings is 1. The molecular formula is C10H8Te. The van der Waals surface area contributed by atoms with Crippen molar-refractivity contribution < 1.29 is 0 Å². The summed E-state index contributed by atoms with van der Waals surface area (Å²) in [6, 6.07) is 12.8. The van der Waals surface area contributed by atoms with E-state index in [0.29, 0.717) is 0 Å². The summed E-state index contributed by atoms with van der Waals surface area (Å²) in [6.45, 7) is 0. The summed E-state index contributed by atoms with van der Waals surface area (Å²) in [5.41, 5.74) is 2.76. The van der Waals surface area contributed by atoms with E-state index in [1.165, 1.54) is 11.1 Å². The summed E-state index contributed by atoms with van der Waals surface area (Å²) in [5.74, 6) is 0. The molecule has 0 nitrogen and oxygen atoms in total. The molecule has 0 saturated heterocycles. The Labute approximate surface area is 76.1 Å². The molecule has 0 spiro atoms. The molecule has 0 N–H and O–H groups in total. The van der Waals surface area contributed by atoms with Crippen LogP contribution in [-0.2, 0) is 0 Å². The van der Waals surface area contributed by atoms with Crippen LogP contribution in [0.4, 0.5) is 0 Å². The molecule has 0 saturated carbocycles. The first-order chi connectivity index (χ1) is 5.47. The third-order valence-electron chi connectivity index (χ3n) is 1.63. The molecule has 0 fully saturated rings. The number of rotatable bonds is 1. The fourth-order valence-corrected chi connectivity index (χ4v) is 2.96. The van der Waals surface area contributed by atoms with Crippen molar-refractivity contribution >= 4 is 20.4 Å². The second-order valence-electron chi connectivity index (χ2n) is 2.38. The molecule has 1 aromatic carbocycles. The Kier molecular flexibility index (Phi) is 2.12. The Morgan fingerprint density at radius 3 is 2.27 bits per heavy atom. The van der Waals surface area contributed by atoms with E-state index < -0.39 is 0 Å². The first kappa shape index (κ1) is 7.16. The van der Waals surface area contributed by atoms with E-state index in [2.05, 4.69) is 44.6 Å². The summed E-state index contributed by atoms with van der Waals surface area (Å²) in [4.78, 5) is 0. The zero-order valence-electron chi connectivity index (χ0n) is 6.03. The zero-order chi connectivity index (χ0) is 7.52. The summed E-state index contributed by atoms with van der Waals surface area (Å²) < 4.78 is 4.69. The molecule has 0 aliphatic rings. The van der Waals surface area contributed by atoms with Gasteiger partial charge in [-0.3, -0.25) is 0 Å². The molecule has 0 bridgehead atoms. The molecule has 0 unspecified atom stereocenters. The average Bonchev–Trinajstić information content (AvgIpc) is 2.58. The Hall–Kier alpha value is -0.510. The van der Waals surface area contributed by atoms with Crippen molar-refractivity contribution in [2.24, 2.45) is 0 Å². The predicted molar refractivity (Wildman–Crippen MR) is 48.8 cm³/mol. The van der Waals surface area contributed by atoms with Gasteiger partial charge in [-0.05, 0) is 0 Å². The fraction of sp³-hybridized carbons (Fsp3) is 0. The van der Waals surface area contributed by atoms with Crippen LogP contribution in [0.1, 0.15) is 0 Å². The van der Waals surface area contributed by atoms with E-state index >= 15 is 0 Å². The number of hydrogen-bond donors (Lipinski definition) is 0. The van der Waals surface area contributed by atoms with E-state index in [1.807, 2.05) is 0 Å². The molecule has 54 valence electrons. The molecule has 0 amide bonds. The summed E-state index contributed by atoms with van der Waals surface area (Å²) in [6.07, 6.45) is 0. The average molecular weight is 256 g/mol. The second-order valence-corrected chi connectivity index (χ2v) is 4.60. The van der Waals surface area contributed by atoms with Crippen LogP contribution in [0.3, 0.4) is 0 Å². The maximum atomic E-state index is 2.38. The molecule has 0 atom stereocenters. The quantitative estimate of drug-likeness (QED) is 0.687. The monoisotopic (exact) mass is 258 g/mol. The standard InChI is InChI=1S/C10H8Te/c1-2-4-9(5-3-1)10-6-7-11-8-10/h1-8H. The van der Waals surface area contributed by atoms with Crippen molar-refractivity contribution in [3.63, 3.8) is 0 Å². The van der Waals surface area contributed by atoms with Gasteiger partial charge in [-0.15, -0.1) is 0 Å². The summed E-state index contributed by atoms with van der Waals surface area (Å²) in [7, 11) is 0. The molecule has 0 radical (unpaired) electrons. The molecule has 1 heteroatoms. The SMILES string of the molecule is c1ccc(-c2cc[te]c2)cc1. The van der Waals surface area contributed by atoms with Gasteiger partial charge in [0.25, 0.3) is 0 Å². The molecule has 2 aromatic rings. The normalized spacial score (nSPS) is 9.82. The fourth-order valence-electron chi connectivity index (χ4n) is 1.06. The van der Waals surface area contributed by atoms with E-state index in [1.54, 1.807) is 0 Å². The minimum absolute atomic E-state index is 0.0784. The van der Waals surface area contributed by atoms with Gasteiger partial charge < -0.3 is 0 Å².